The molecule has 1 saturated carbocycles. The number of hydrogen-bond acceptors (Lipinski definition) is 1. The van der Waals surface area contributed by atoms with E-state index in [0.29, 0.717) is 5.92 Å². The van der Waals surface area contributed by atoms with Crippen molar-refractivity contribution < 1.29 is 0 Å². The second kappa shape index (κ2) is 5.73. The Kier molecular flexibility index (Phi) is 3.59. The monoisotopic (exact) mass is 372 g/mol. The van der Waals surface area contributed by atoms with E-state index in [0.717, 1.165) is 30.6 Å². The zero-order valence-corrected chi connectivity index (χ0v) is 17.2. The van der Waals surface area contributed by atoms with Crippen LogP contribution in [0.5, 0.6) is 0 Å². The predicted molar refractivity (Wildman–Crippen MR) is 113 cm³/mol. The van der Waals surface area contributed by atoms with Crippen molar-refractivity contribution in [3.63, 3.8) is 0 Å². The summed E-state index contributed by atoms with van der Waals surface area (Å²) in [6.07, 6.45) is 2.28. The summed E-state index contributed by atoms with van der Waals surface area (Å²) in [6.45, 7) is 9.89. The average Bonchev–Trinajstić information content (AvgIpc) is 3.15. The van der Waals surface area contributed by atoms with E-state index in [4.69, 9.17) is 0 Å². The molecule has 0 radical (unpaired) electrons. The fourth-order valence-corrected chi connectivity index (χ4v) is 5.74. The molecule has 1 aromatic heterocycles. The molecule has 0 amide bonds. The topological polar surface area (TPSA) is 26.9 Å². The van der Waals surface area contributed by atoms with Gasteiger partial charge in [-0.05, 0) is 48.8 Å². The maximum absolute atomic E-state index is 13.7. The first kappa shape index (κ1) is 17.5. The number of nitrogens with zero attached hydrogens (tertiary/aromatic N) is 2. The molecule has 1 fully saturated rings. The van der Waals surface area contributed by atoms with E-state index in [2.05, 4.69) is 80.9 Å². The van der Waals surface area contributed by atoms with E-state index in [9.17, 15) is 4.79 Å². The molecule has 0 saturated heterocycles. The second-order valence-corrected chi connectivity index (χ2v) is 9.40. The quantitative estimate of drug-likeness (QED) is 0.623. The fraction of sp³-hybridized carbons (Fsp3) is 0.400. The highest BCUT2D eigenvalue weighted by Gasteiger charge is 2.62. The first-order valence-corrected chi connectivity index (χ1v) is 10.3. The Morgan fingerprint density at radius 2 is 1.68 bits per heavy atom. The standard InChI is InChI=1S/C25H28N2O/c1-17-10-12-19(13-11-17)27-23(28)21-20-14-15-25(4,24(20,2)3)22(21)26(27)16-18-8-6-5-7-9-18/h5-13,20H,14-16H2,1-4H3. The number of hydrogen-bond donors (Lipinski definition) is 0. The number of benzene rings is 2. The Morgan fingerprint density at radius 1 is 1.00 bits per heavy atom. The van der Waals surface area contributed by atoms with Crippen LogP contribution in [0.25, 0.3) is 5.69 Å². The van der Waals surface area contributed by atoms with Gasteiger partial charge in [0.2, 0.25) is 0 Å². The summed E-state index contributed by atoms with van der Waals surface area (Å²) >= 11 is 0. The molecule has 5 rings (SSSR count). The highest BCUT2D eigenvalue weighted by molar-refractivity contribution is 5.48. The zero-order valence-electron chi connectivity index (χ0n) is 17.2. The third kappa shape index (κ3) is 2.13. The lowest BCUT2D eigenvalue weighted by molar-refractivity contribution is 0.216. The fourth-order valence-electron chi connectivity index (χ4n) is 5.74. The molecule has 3 aromatic rings. The molecule has 1 heterocycles. The lowest BCUT2D eigenvalue weighted by Gasteiger charge is -2.36. The maximum Gasteiger partial charge on any atom is 0.275 e. The van der Waals surface area contributed by atoms with Crippen molar-refractivity contribution >= 4 is 0 Å². The number of aromatic nitrogens is 2. The molecule has 3 heteroatoms. The normalized spacial score (nSPS) is 24.5. The van der Waals surface area contributed by atoms with Crippen LogP contribution in [0.3, 0.4) is 0 Å². The Morgan fingerprint density at radius 3 is 2.36 bits per heavy atom. The molecule has 2 aliphatic rings. The molecule has 3 nitrogen and oxygen atoms in total. The molecule has 2 unspecified atom stereocenters. The molecule has 0 aliphatic heterocycles. The van der Waals surface area contributed by atoms with Crippen molar-refractivity contribution in [2.24, 2.45) is 5.41 Å². The molecule has 0 N–H and O–H groups in total. The highest BCUT2D eigenvalue weighted by atomic mass is 16.1. The van der Waals surface area contributed by atoms with Crippen LogP contribution in [0.15, 0.2) is 59.4 Å². The Balaban J connectivity index is 1.79. The Bertz CT molecular complexity index is 1100. The molecule has 2 bridgehead atoms. The number of aryl methyl sites for hydroxylation is 1. The smallest absolute Gasteiger partial charge is 0.275 e. The SMILES string of the molecule is Cc1ccc(-n2c(=O)c3c(n2Cc2ccccc2)C2(C)CCC3C2(C)C)cc1. The van der Waals surface area contributed by atoms with Crippen LogP contribution in [-0.4, -0.2) is 9.36 Å². The van der Waals surface area contributed by atoms with Gasteiger partial charge in [0, 0.05) is 11.0 Å². The van der Waals surface area contributed by atoms with Crippen LogP contribution in [0, 0.1) is 12.3 Å². The second-order valence-electron chi connectivity index (χ2n) is 9.40. The zero-order chi connectivity index (χ0) is 19.7. The highest BCUT2D eigenvalue weighted by Crippen LogP contribution is 2.67. The van der Waals surface area contributed by atoms with Crippen LogP contribution in [0.4, 0.5) is 0 Å². The molecule has 2 aromatic carbocycles. The summed E-state index contributed by atoms with van der Waals surface area (Å²) in [4.78, 5) is 13.7. The van der Waals surface area contributed by atoms with E-state index in [1.54, 1.807) is 0 Å². The first-order valence-electron chi connectivity index (χ1n) is 10.3. The van der Waals surface area contributed by atoms with E-state index in [1.165, 1.54) is 16.8 Å². The Labute approximate surface area is 166 Å². The van der Waals surface area contributed by atoms with Gasteiger partial charge in [-0.1, -0.05) is 68.8 Å². The predicted octanol–water partition coefficient (Wildman–Crippen LogP) is 5.17. The first-order chi connectivity index (χ1) is 13.3. The van der Waals surface area contributed by atoms with Gasteiger partial charge in [-0.2, -0.15) is 0 Å². The summed E-state index contributed by atoms with van der Waals surface area (Å²) in [5.41, 5.74) is 6.07. The van der Waals surface area contributed by atoms with E-state index in [-0.39, 0.29) is 16.4 Å². The molecular weight excluding hydrogens is 344 g/mol. The van der Waals surface area contributed by atoms with Gasteiger partial charge < -0.3 is 0 Å². The van der Waals surface area contributed by atoms with Crippen LogP contribution >= 0.6 is 0 Å². The molecule has 2 atom stereocenters. The lowest BCUT2D eigenvalue weighted by Crippen LogP contribution is -2.36. The summed E-state index contributed by atoms with van der Waals surface area (Å²) in [7, 11) is 0. The van der Waals surface area contributed by atoms with Crippen molar-refractivity contribution in [2.75, 3.05) is 0 Å². The minimum absolute atomic E-state index is 0.0386. The van der Waals surface area contributed by atoms with Gasteiger partial charge in [0.25, 0.3) is 5.56 Å². The molecule has 28 heavy (non-hydrogen) atoms. The largest absolute Gasteiger partial charge is 0.277 e. The van der Waals surface area contributed by atoms with Gasteiger partial charge in [-0.25, -0.2) is 4.68 Å². The van der Waals surface area contributed by atoms with Crippen LogP contribution in [0.1, 0.15) is 61.9 Å². The van der Waals surface area contributed by atoms with Gasteiger partial charge in [-0.15, -0.1) is 0 Å². The van der Waals surface area contributed by atoms with Gasteiger partial charge in [0.1, 0.15) is 0 Å². The summed E-state index contributed by atoms with van der Waals surface area (Å²) in [6, 6.07) is 18.8. The van der Waals surface area contributed by atoms with Gasteiger partial charge >= 0.3 is 0 Å². The van der Waals surface area contributed by atoms with Crippen LogP contribution in [-0.2, 0) is 12.0 Å². The summed E-state index contributed by atoms with van der Waals surface area (Å²) < 4.78 is 4.21. The minimum Gasteiger partial charge on any atom is -0.277 e. The van der Waals surface area contributed by atoms with E-state index < -0.39 is 0 Å². The van der Waals surface area contributed by atoms with Crippen molar-refractivity contribution in [1.82, 2.24) is 9.36 Å². The molecule has 144 valence electrons. The van der Waals surface area contributed by atoms with Gasteiger partial charge in [-0.3, -0.25) is 9.48 Å². The van der Waals surface area contributed by atoms with Crippen molar-refractivity contribution in [3.05, 3.63) is 87.3 Å². The average molecular weight is 373 g/mol. The van der Waals surface area contributed by atoms with E-state index in [1.807, 2.05) is 10.7 Å². The molecule has 0 spiro atoms. The summed E-state index contributed by atoms with van der Waals surface area (Å²) in [5.74, 6) is 0.355. The van der Waals surface area contributed by atoms with E-state index >= 15 is 0 Å². The number of rotatable bonds is 3. The minimum atomic E-state index is 0.0386. The van der Waals surface area contributed by atoms with Crippen molar-refractivity contribution in [1.29, 1.82) is 0 Å². The molecule has 2 aliphatic carbocycles. The summed E-state index contributed by atoms with van der Waals surface area (Å²) in [5, 5.41) is 0. The maximum atomic E-state index is 13.7. The molecular formula is C25H28N2O. The Hall–Kier alpha value is -2.55. The van der Waals surface area contributed by atoms with Crippen LogP contribution < -0.4 is 5.56 Å². The third-order valence-corrected chi connectivity index (χ3v) is 7.73. The van der Waals surface area contributed by atoms with Crippen molar-refractivity contribution in [2.45, 2.75) is 58.4 Å². The van der Waals surface area contributed by atoms with Crippen molar-refractivity contribution in [3.8, 4) is 5.69 Å². The van der Waals surface area contributed by atoms with Crippen LogP contribution in [0.2, 0.25) is 0 Å². The third-order valence-electron chi connectivity index (χ3n) is 7.73. The van der Waals surface area contributed by atoms with Gasteiger partial charge in [0.15, 0.2) is 0 Å². The van der Waals surface area contributed by atoms with Gasteiger partial charge in [0.05, 0.1) is 17.9 Å². The lowest BCUT2D eigenvalue weighted by atomic mass is 9.70. The number of fused-ring (bicyclic) bond motifs is 5.